The zero-order valence-corrected chi connectivity index (χ0v) is 14.0. The minimum atomic E-state index is -0.558. The zero-order valence-electron chi connectivity index (χ0n) is 13.2. The van der Waals surface area contributed by atoms with E-state index in [2.05, 4.69) is 11.9 Å². The molecule has 0 aliphatic carbocycles. The molecular formula is C18H21ClN2O2. The van der Waals surface area contributed by atoms with Crippen molar-refractivity contribution in [2.45, 2.75) is 31.8 Å². The maximum Gasteiger partial charge on any atom is 0.157 e. The van der Waals surface area contributed by atoms with Crippen molar-refractivity contribution >= 4 is 17.3 Å². The molecule has 2 N–H and O–H groups in total. The molecule has 23 heavy (non-hydrogen) atoms. The second-order valence-corrected chi connectivity index (χ2v) is 6.21. The van der Waals surface area contributed by atoms with Crippen LogP contribution in [-0.4, -0.2) is 18.2 Å². The fourth-order valence-electron chi connectivity index (χ4n) is 2.86. The fourth-order valence-corrected chi connectivity index (χ4v) is 3.22. The number of rotatable bonds is 4. The summed E-state index contributed by atoms with van der Waals surface area (Å²) in [7, 11) is 0. The molecule has 0 radical (unpaired) electrons. The number of anilines is 1. The van der Waals surface area contributed by atoms with Gasteiger partial charge in [0.2, 0.25) is 0 Å². The molecule has 4 nitrogen and oxygen atoms in total. The van der Waals surface area contributed by atoms with Gasteiger partial charge in [-0.3, -0.25) is 4.98 Å². The van der Waals surface area contributed by atoms with Gasteiger partial charge in [-0.25, -0.2) is 0 Å². The van der Waals surface area contributed by atoms with Crippen LogP contribution in [0.25, 0.3) is 0 Å². The van der Waals surface area contributed by atoms with E-state index in [4.69, 9.17) is 26.8 Å². The van der Waals surface area contributed by atoms with E-state index < -0.39 is 5.60 Å². The topological polar surface area (TPSA) is 57.4 Å². The third kappa shape index (κ3) is 3.43. The molecule has 1 saturated heterocycles. The summed E-state index contributed by atoms with van der Waals surface area (Å²) >= 11 is 6.52. The second kappa shape index (κ2) is 6.77. The summed E-state index contributed by atoms with van der Waals surface area (Å²) in [6, 6.07) is 9.39. The zero-order chi connectivity index (χ0) is 16.3. The van der Waals surface area contributed by atoms with E-state index in [9.17, 15) is 0 Å². The van der Waals surface area contributed by atoms with Gasteiger partial charge < -0.3 is 15.2 Å². The van der Waals surface area contributed by atoms with Crippen LogP contribution in [0.5, 0.6) is 5.75 Å². The number of nitrogens with two attached hydrogens (primary N) is 1. The van der Waals surface area contributed by atoms with E-state index in [0.717, 1.165) is 36.3 Å². The van der Waals surface area contributed by atoms with Crippen LogP contribution in [0, 0.1) is 0 Å². The van der Waals surface area contributed by atoms with Gasteiger partial charge in [0, 0.05) is 24.7 Å². The number of pyridine rings is 1. The molecule has 0 bridgehead atoms. The second-order valence-electron chi connectivity index (χ2n) is 5.81. The minimum Gasteiger partial charge on any atom is -0.481 e. The third-order valence-electron chi connectivity index (χ3n) is 4.23. The van der Waals surface area contributed by atoms with Crippen molar-refractivity contribution in [3.05, 3.63) is 52.8 Å². The highest BCUT2D eigenvalue weighted by Crippen LogP contribution is 2.39. The van der Waals surface area contributed by atoms with E-state index in [1.54, 1.807) is 0 Å². The summed E-state index contributed by atoms with van der Waals surface area (Å²) in [6.07, 6.45) is 4.22. The third-order valence-corrected chi connectivity index (χ3v) is 4.52. The SMILES string of the molecule is CCc1cnc(C2(Oc3ccc(N)cc3)CCOCC2)c(Cl)c1. The van der Waals surface area contributed by atoms with Crippen LogP contribution >= 0.6 is 11.6 Å². The predicted molar refractivity (Wildman–Crippen MR) is 91.8 cm³/mol. The van der Waals surface area contributed by atoms with E-state index in [1.807, 2.05) is 36.5 Å². The van der Waals surface area contributed by atoms with Crippen LogP contribution in [-0.2, 0) is 16.8 Å². The maximum atomic E-state index is 6.52. The Morgan fingerprint density at radius 1 is 1.26 bits per heavy atom. The standard InChI is InChI=1S/C18H21ClN2O2/c1-2-13-11-16(19)17(21-12-13)18(7-9-22-10-8-18)23-15-5-3-14(20)4-6-15/h3-6,11-12H,2,7-10,20H2,1H3. The van der Waals surface area contributed by atoms with Gasteiger partial charge >= 0.3 is 0 Å². The lowest BCUT2D eigenvalue weighted by Gasteiger charge is -2.37. The van der Waals surface area contributed by atoms with Crippen LogP contribution in [0.15, 0.2) is 36.5 Å². The van der Waals surface area contributed by atoms with Crippen LogP contribution in [0.3, 0.4) is 0 Å². The van der Waals surface area contributed by atoms with Gasteiger partial charge in [0.05, 0.1) is 18.2 Å². The first-order chi connectivity index (χ1) is 11.1. The fraction of sp³-hybridized carbons (Fsp3) is 0.389. The van der Waals surface area contributed by atoms with Crippen LogP contribution in [0.2, 0.25) is 5.02 Å². The molecule has 0 spiro atoms. The Hall–Kier alpha value is -1.78. The molecule has 1 fully saturated rings. The summed E-state index contributed by atoms with van der Waals surface area (Å²) in [4.78, 5) is 4.62. The first-order valence-electron chi connectivity index (χ1n) is 7.90. The molecule has 3 rings (SSSR count). The highest BCUT2D eigenvalue weighted by molar-refractivity contribution is 6.31. The quantitative estimate of drug-likeness (QED) is 0.861. The van der Waals surface area contributed by atoms with Gasteiger partial charge in [0.25, 0.3) is 0 Å². The Balaban J connectivity index is 1.97. The Bertz CT molecular complexity index is 667. The normalized spacial score (nSPS) is 17.0. The van der Waals surface area contributed by atoms with Crippen molar-refractivity contribution in [2.24, 2.45) is 0 Å². The number of halogens is 1. The van der Waals surface area contributed by atoms with E-state index in [1.165, 1.54) is 0 Å². The Kier molecular flexibility index (Phi) is 4.74. The number of benzene rings is 1. The molecule has 1 aromatic carbocycles. The van der Waals surface area contributed by atoms with E-state index >= 15 is 0 Å². The van der Waals surface area contributed by atoms with Crippen LogP contribution in [0.1, 0.15) is 31.0 Å². The monoisotopic (exact) mass is 332 g/mol. The number of aryl methyl sites for hydroxylation is 1. The molecule has 5 heteroatoms. The number of nitrogen functional groups attached to an aromatic ring is 1. The lowest BCUT2D eigenvalue weighted by Crippen LogP contribution is -2.40. The number of hydrogen-bond donors (Lipinski definition) is 1. The molecule has 0 unspecified atom stereocenters. The number of aromatic nitrogens is 1. The molecule has 0 saturated carbocycles. The van der Waals surface area contributed by atoms with Gasteiger partial charge in [0.1, 0.15) is 11.4 Å². The van der Waals surface area contributed by atoms with Gasteiger partial charge in [0.15, 0.2) is 5.60 Å². The summed E-state index contributed by atoms with van der Waals surface area (Å²) in [5, 5.41) is 0.654. The Morgan fingerprint density at radius 3 is 2.57 bits per heavy atom. The molecule has 0 amide bonds. The van der Waals surface area contributed by atoms with Gasteiger partial charge in [-0.2, -0.15) is 0 Å². The average molecular weight is 333 g/mol. The van der Waals surface area contributed by atoms with E-state index in [0.29, 0.717) is 23.9 Å². The van der Waals surface area contributed by atoms with Crippen molar-refractivity contribution in [3.63, 3.8) is 0 Å². The highest BCUT2D eigenvalue weighted by Gasteiger charge is 2.40. The largest absolute Gasteiger partial charge is 0.481 e. The van der Waals surface area contributed by atoms with Crippen molar-refractivity contribution in [1.29, 1.82) is 0 Å². The summed E-state index contributed by atoms with van der Waals surface area (Å²) < 4.78 is 11.9. The van der Waals surface area contributed by atoms with Gasteiger partial charge in [-0.15, -0.1) is 0 Å². The Morgan fingerprint density at radius 2 is 1.96 bits per heavy atom. The molecule has 122 valence electrons. The van der Waals surface area contributed by atoms with Gasteiger partial charge in [-0.05, 0) is 42.3 Å². The summed E-state index contributed by atoms with van der Waals surface area (Å²) in [6.45, 7) is 3.34. The molecule has 2 heterocycles. The molecule has 1 aromatic heterocycles. The lowest BCUT2D eigenvalue weighted by atomic mass is 9.89. The van der Waals surface area contributed by atoms with Crippen molar-refractivity contribution in [3.8, 4) is 5.75 Å². The van der Waals surface area contributed by atoms with Crippen LogP contribution < -0.4 is 10.5 Å². The first kappa shape index (κ1) is 16.1. The molecule has 2 aromatic rings. The maximum absolute atomic E-state index is 6.52. The smallest absolute Gasteiger partial charge is 0.157 e. The Labute approximate surface area is 141 Å². The minimum absolute atomic E-state index is 0.558. The molecule has 1 aliphatic heterocycles. The number of ether oxygens (including phenoxy) is 2. The van der Waals surface area contributed by atoms with Crippen molar-refractivity contribution in [1.82, 2.24) is 4.98 Å². The van der Waals surface area contributed by atoms with Crippen molar-refractivity contribution in [2.75, 3.05) is 18.9 Å². The molecule has 1 aliphatic rings. The number of nitrogens with zero attached hydrogens (tertiary/aromatic N) is 1. The summed E-state index contributed by atoms with van der Waals surface area (Å²) in [5.74, 6) is 0.763. The first-order valence-corrected chi connectivity index (χ1v) is 8.28. The molecular weight excluding hydrogens is 312 g/mol. The van der Waals surface area contributed by atoms with E-state index in [-0.39, 0.29) is 0 Å². The predicted octanol–water partition coefficient (Wildman–Crippen LogP) is 3.96. The van der Waals surface area contributed by atoms with Gasteiger partial charge in [-0.1, -0.05) is 18.5 Å². The average Bonchev–Trinajstić information content (AvgIpc) is 2.57. The lowest BCUT2D eigenvalue weighted by molar-refractivity contribution is -0.0525. The highest BCUT2D eigenvalue weighted by atomic mass is 35.5. The van der Waals surface area contributed by atoms with Crippen LogP contribution in [0.4, 0.5) is 5.69 Å². The number of hydrogen-bond acceptors (Lipinski definition) is 4. The molecule has 0 atom stereocenters. The summed E-state index contributed by atoms with van der Waals surface area (Å²) in [5.41, 5.74) is 7.81. The van der Waals surface area contributed by atoms with Crippen molar-refractivity contribution < 1.29 is 9.47 Å².